The first-order valence-corrected chi connectivity index (χ1v) is 5.98. The highest BCUT2D eigenvalue weighted by Crippen LogP contribution is 2.09. The molecule has 0 fully saturated rings. The molecule has 0 spiro atoms. The highest BCUT2D eigenvalue weighted by molar-refractivity contribution is 5.82. The highest BCUT2D eigenvalue weighted by atomic mass is 16.4. The highest BCUT2D eigenvalue weighted by Gasteiger charge is 2.23. The van der Waals surface area contributed by atoms with E-state index in [1.807, 2.05) is 13.8 Å². The van der Waals surface area contributed by atoms with Crippen LogP contribution in [0, 0.1) is 0 Å². The van der Waals surface area contributed by atoms with Gasteiger partial charge in [0.15, 0.2) is 0 Å². The van der Waals surface area contributed by atoms with Gasteiger partial charge in [-0.2, -0.15) is 0 Å². The van der Waals surface area contributed by atoms with Gasteiger partial charge < -0.3 is 15.3 Å². The Labute approximate surface area is 101 Å². The normalized spacial score (nSPS) is 17.3. The van der Waals surface area contributed by atoms with Crippen molar-refractivity contribution in [2.24, 2.45) is 0 Å². The average Bonchev–Trinajstić information content (AvgIpc) is 2.28. The zero-order valence-corrected chi connectivity index (χ0v) is 10.4. The summed E-state index contributed by atoms with van der Waals surface area (Å²) in [6.07, 6.45) is 4.13. The van der Waals surface area contributed by atoms with Gasteiger partial charge in [-0.05, 0) is 19.8 Å². The van der Waals surface area contributed by atoms with Gasteiger partial charge in [0.05, 0.1) is 0 Å². The van der Waals surface area contributed by atoms with E-state index < -0.39 is 12.0 Å². The molecule has 1 aliphatic rings. The maximum atomic E-state index is 11.9. The van der Waals surface area contributed by atoms with Gasteiger partial charge in [0.2, 0.25) is 0 Å². The fourth-order valence-corrected chi connectivity index (χ4v) is 1.87. The number of aliphatic carboxylic acids is 1. The van der Waals surface area contributed by atoms with Crippen LogP contribution in [-0.2, 0) is 4.79 Å². The van der Waals surface area contributed by atoms with Crippen LogP contribution in [-0.4, -0.2) is 41.1 Å². The molecule has 1 unspecified atom stereocenters. The molecule has 0 bridgehead atoms. The Morgan fingerprint density at radius 3 is 2.82 bits per heavy atom. The first kappa shape index (κ1) is 13.5. The molecule has 0 saturated heterocycles. The largest absolute Gasteiger partial charge is 0.480 e. The van der Waals surface area contributed by atoms with Crippen LogP contribution in [0.1, 0.15) is 33.1 Å². The molecule has 17 heavy (non-hydrogen) atoms. The van der Waals surface area contributed by atoms with E-state index in [-0.39, 0.29) is 6.03 Å². The lowest BCUT2D eigenvalue weighted by Crippen LogP contribution is -2.49. The predicted molar refractivity (Wildman–Crippen MR) is 64.8 cm³/mol. The Bertz CT molecular complexity index is 326. The monoisotopic (exact) mass is 240 g/mol. The SMILES string of the molecule is CCCC(NC(=O)N1CCC=C(C)C1)C(=O)O. The standard InChI is InChI=1S/C12H20N2O3/c1-3-5-10(11(15)16)13-12(17)14-7-4-6-9(2)8-14/h6,10H,3-5,7-8H2,1-2H3,(H,13,17)(H,15,16). The quantitative estimate of drug-likeness (QED) is 0.733. The molecular weight excluding hydrogens is 220 g/mol. The predicted octanol–water partition coefficient (Wildman–Crippen LogP) is 1.60. The summed E-state index contributed by atoms with van der Waals surface area (Å²) in [5.41, 5.74) is 1.15. The number of carboxylic acids is 1. The van der Waals surface area contributed by atoms with Crippen molar-refractivity contribution in [1.82, 2.24) is 10.2 Å². The van der Waals surface area contributed by atoms with Crippen LogP contribution >= 0.6 is 0 Å². The molecule has 5 heteroatoms. The Kier molecular flexibility index (Phi) is 5.00. The van der Waals surface area contributed by atoms with E-state index in [4.69, 9.17) is 5.11 Å². The molecule has 0 saturated carbocycles. The van der Waals surface area contributed by atoms with Crippen molar-refractivity contribution in [3.8, 4) is 0 Å². The van der Waals surface area contributed by atoms with E-state index in [1.165, 1.54) is 0 Å². The van der Waals surface area contributed by atoms with Gasteiger partial charge in [-0.15, -0.1) is 0 Å². The summed E-state index contributed by atoms with van der Waals surface area (Å²) >= 11 is 0. The van der Waals surface area contributed by atoms with E-state index in [1.54, 1.807) is 4.90 Å². The summed E-state index contributed by atoms with van der Waals surface area (Å²) in [6, 6.07) is -1.06. The summed E-state index contributed by atoms with van der Waals surface area (Å²) in [5, 5.41) is 11.5. The van der Waals surface area contributed by atoms with Gasteiger partial charge in [-0.3, -0.25) is 0 Å². The third-order valence-electron chi connectivity index (χ3n) is 2.79. The van der Waals surface area contributed by atoms with E-state index in [2.05, 4.69) is 11.4 Å². The van der Waals surface area contributed by atoms with Crippen LogP contribution in [0.2, 0.25) is 0 Å². The van der Waals surface area contributed by atoms with Gasteiger partial charge in [0.25, 0.3) is 0 Å². The minimum absolute atomic E-state index is 0.279. The zero-order valence-electron chi connectivity index (χ0n) is 10.4. The number of rotatable bonds is 4. The van der Waals surface area contributed by atoms with Gasteiger partial charge >= 0.3 is 12.0 Å². The summed E-state index contributed by atoms with van der Waals surface area (Å²) in [4.78, 5) is 24.4. The lowest BCUT2D eigenvalue weighted by molar-refractivity contribution is -0.139. The van der Waals surface area contributed by atoms with Crippen molar-refractivity contribution >= 4 is 12.0 Å². The molecular formula is C12H20N2O3. The summed E-state index contributed by atoms with van der Waals surface area (Å²) in [5.74, 6) is -0.968. The topological polar surface area (TPSA) is 69.6 Å². The number of carbonyl (C=O) groups excluding carboxylic acids is 1. The molecule has 2 N–H and O–H groups in total. The molecule has 0 radical (unpaired) electrons. The smallest absolute Gasteiger partial charge is 0.326 e. The molecule has 2 amide bonds. The molecule has 1 heterocycles. The minimum Gasteiger partial charge on any atom is -0.480 e. The molecule has 1 rings (SSSR count). The number of amides is 2. The van der Waals surface area contributed by atoms with Crippen LogP contribution in [0.15, 0.2) is 11.6 Å². The number of carbonyl (C=O) groups is 2. The number of carboxylic acid groups (broad SMARTS) is 1. The van der Waals surface area contributed by atoms with Gasteiger partial charge in [-0.1, -0.05) is 25.0 Å². The number of nitrogens with zero attached hydrogens (tertiary/aromatic N) is 1. The Morgan fingerprint density at radius 2 is 2.29 bits per heavy atom. The third kappa shape index (κ3) is 4.09. The van der Waals surface area contributed by atoms with E-state index in [9.17, 15) is 9.59 Å². The van der Waals surface area contributed by atoms with Crippen molar-refractivity contribution in [3.05, 3.63) is 11.6 Å². The number of hydrogen-bond acceptors (Lipinski definition) is 2. The van der Waals surface area contributed by atoms with Gasteiger partial charge in [-0.25, -0.2) is 9.59 Å². The third-order valence-corrected chi connectivity index (χ3v) is 2.79. The number of hydrogen-bond donors (Lipinski definition) is 2. The van der Waals surface area contributed by atoms with Crippen LogP contribution in [0.3, 0.4) is 0 Å². The average molecular weight is 240 g/mol. The maximum Gasteiger partial charge on any atom is 0.326 e. The summed E-state index contributed by atoms with van der Waals surface area (Å²) < 4.78 is 0. The van der Waals surface area contributed by atoms with Crippen molar-refractivity contribution < 1.29 is 14.7 Å². The first-order chi connectivity index (χ1) is 8.04. The Morgan fingerprint density at radius 1 is 1.59 bits per heavy atom. The zero-order chi connectivity index (χ0) is 12.8. The van der Waals surface area contributed by atoms with Crippen molar-refractivity contribution in [2.75, 3.05) is 13.1 Å². The molecule has 0 aromatic rings. The fraction of sp³-hybridized carbons (Fsp3) is 0.667. The first-order valence-electron chi connectivity index (χ1n) is 5.98. The molecule has 1 atom stereocenters. The van der Waals surface area contributed by atoms with Crippen molar-refractivity contribution in [2.45, 2.75) is 39.2 Å². The Balaban J connectivity index is 2.52. The van der Waals surface area contributed by atoms with Crippen LogP contribution < -0.4 is 5.32 Å². The van der Waals surface area contributed by atoms with Crippen LogP contribution in [0.4, 0.5) is 4.79 Å². The lowest BCUT2D eigenvalue weighted by atomic mass is 10.1. The summed E-state index contributed by atoms with van der Waals surface area (Å²) in [6.45, 7) is 5.11. The second-order valence-electron chi connectivity index (χ2n) is 4.39. The molecule has 0 aromatic carbocycles. The van der Waals surface area contributed by atoms with E-state index >= 15 is 0 Å². The number of nitrogens with one attached hydrogen (secondary N) is 1. The second-order valence-corrected chi connectivity index (χ2v) is 4.39. The van der Waals surface area contributed by atoms with Gasteiger partial charge in [0, 0.05) is 13.1 Å². The van der Waals surface area contributed by atoms with E-state index in [0.29, 0.717) is 19.5 Å². The van der Waals surface area contributed by atoms with E-state index in [0.717, 1.165) is 18.4 Å². The van der Waals surface area contributed by atoms with Gasteiger partial charge in [0.1, 0.15) is 6.04 Å². The maximum absolute atomic E-state index is 11.9. The Hall–Kier alpha value is -1.52. The van der Waals surface area contributed by atoms with Crippen LogP contribution in [0.5, 0.6) is 0 Å². The fourth-order valence-electron chi connectivity index (χ4n) is 1.87. The van der Waals surface area contributed by atoms with Crippen molar-refractivity contribution in [1.29, 1.82) is 0 Å². The van der Waals surface area contributed by atoms with Crippen LogP contribution in [0.25, 0.3) is 0 Å². The molecule has 96 valence electrons. The van der Waals surface area contributed by atoms with Crippen molar-refractivity contribution in [3.63, 3.8) is 0 Å². The summed E-state index contributed by atoms with van der Waals surface area (Å²) in [7, 11) is 0. The lowest BCUT2D eigenvalue weighted by Gasteiger charge is -2.27. The molecule has 0 aliphatic carbocycles. The molecule has 0 aromatic heterocycles. The molecule has 1 aliphatic heterocycles. The number of urea groups is 1. The molecule has 5 nitrogen and oxygen atoms in total. The second kappa shape index (κ2) is 6.27. The minimum atomic E-state index is -0.968.